The van der Waals surface area contributed by atoms with Gasteiger partial charge in [0.2, 0.25) is 0 Å². The van der Waals surface area contributed by atoms with Gasteiger partial charge in [-0.05, 0) is 55.4 Å². The van der Waals surface area contributed by atoms with Gasteiger partial charge in [0, 0.05) is 18.4 Å². The Kier molecular flexibility index (Phi) is 4.50. The number of anilines is 1. The molecule has 0 aliphatic carbocycles. The highest BCUT2D eigenvalue weighted by atomic mass is 35.5. The number of thiocarbonyl (C=S) groups is 1. The zero-order valence-corrected chi connectivity index (χ0v) is 15.5. The number of nitrogens with one attached hydrogen (secondary N) is 1. The monoisotopic (exact) mass is 391 g/mol. The first-order valence-electron chi connectivity index (χ1n) is 7.96. The van der Waals surface area contributed by atoms with E-state index in [9.17, 15) is 0 Å². The van der Waals surface area contributed by atoms with Gasteiger partial charge in [0.05, 0.1) is 16.1 Å². The number of halogens is 2. The maximum atomic E-state index is 6.08. The van der Waals surface area contributed by atoms with Crippen LogP contribution in [-0.4, -0.2) is 31.2 Å². The number of aromatic nitrogens is 3. The first-order valence-corrected chi connectivity index (χ1v) is 9.12. The van der Waals surface area contributed by atoms with Crippen molar-refractivity contribution in [1.29, 1.82) is 0 Å². The molecule has 1 saturated heterocycles. The summed E-state index contributed by atoms with van der Waals surface area (Å²) in [5, 5.41) is 13.6. The molecular formula is C17H15Cl2N5S. The van der Waals surface area contributed by atoms with Gasteiger partial charge in [-0.1, -0.05) is 29.3 Å². The highest BCUT2D eigenvalue weighted by molar-refractivity contribution is 7.80. The van der Waals surface area contributed by atoms with Crippen molar-refractivity contribution in [1.82, 2.24) is 19.5 Å². The summed E-state index contributed by atoms with van der Waals surface area (Å²) in [6.45, 7) is 0.875. The van der Waals surface area contributed by atoms with Crippen molar-refractivity contribution in [2.45, 2.75) is 18.9 Å². The normalized spacial score (nSPS) is 17.2. The van der Waals surface area contributed by atoms with Gasteiger partial charge in [-0.25, -0.2) is 0 Å². The third-order valence-corrected chi connectivity index (χ3v) is 5.40. The molecule has 0 amide bonds. The number of fused-ring (bicyclic) bond motifs is 1. The van der Waals surface area contributed by atoms with E-state index in [1.807, 2.05) is 34.9 Å². The van der Waals surface area contributed by atoms with E-state index in [-0.39, 0.29) is 6.04 Å². The van der Waals surface area contributed by atoms with Crippen molar-refractivity contribution in [2.75, 3.05) is 11.9 Å². The van der Waals surface area contributed by atoms with Crippen LogP contribution in [0, 0.1) is 0 Å². The smallest absolute Gasteiger partial charge is 0.174 e. The molecule has 0 unspecified atom stereocenters. The van der Waals surface area contributed by atoms with E-state index in [1.54, 1.807) is 12.1 Å². The van der Waals surface area contributed by atoms with Crippen molar-refractivity contribution in [2.24, 2.45) is 0 Å². The Hall–Kier alpha value is -1.89. The average Bonchev–Trinajstić information content (AvgIpc) is 3.24. The molecule has 1 fully saturated rings. The minimum atomic E-state index is 0.0974. The second kappa shape index (κ2) is 6.78. The molecule has 2 aromatic heterocycles. The van der Waals surface area contributed by atoms with Gasteiger partial charge in [0.25, 0.3) is 0 Å². The van der Waals surface area contributed by atoms with E-state index in [0.29, 0.717) is 15.2 Å². The number of nitrogens with zero attached hydrogens (tertiary/aromatic N) is 4. The van der Waals surface area contributed by atoms with Crippen molar-refractivity contribution in [3.63, 3.8) is 0 Å². The Morgan fingerprint density at radius 3 is 2.88 bits per heavy atom. The molecule has 8 heteroatoms. The zero-order chi connectivity index (χ0) is 17.4. The molecule has 3 heterocycles. The Labute approximate surface area is 160 Å². The van der Waals surface area contributed by atoms with Gasteiger partial charge >= 0.3 is 0 Å². The van der Waals surface area contributed by atoms with Crippen LogP contribution in [0.1, 0.15) is 24.7 Å². The first kappa shape index (κ1) is 16.6. The third kappa shape index (κ3) is 3.17. The maximum absolute atomic E-state index is 6.08. The van der Waals surface area contributed by atoms with Gasteiger partial charge in [-0.2, -0.15) is 0 Å². The van der Waals surface area contributed by atoms with Crippen LogP contribution in [-0.2, 0) is 0 Å². The number of rotatable bonds is 2. The van der Waals surface area contributed by atoms with Gasteiger partial charge in [0.1, 0.15) is 0 Å². The van der Waals surface area contributed by atoms with Gasteiger partial charge < -0.3 is 10.2 Å². The van der Waals surface area contributed by atoms with E-state index in [1.165, 1.54) is 0 Å². The minimum absolute atomic E-state index is 0.0974. The molecule has 0 bridgehead atoms. The lowest BCUT2D eigenvalue weighted by Gasteiger charge is -2.26. The first-order chi connectivity index (χ1) is 12.1. The molecule has 0 saturated carbocycles. The lowest BCUT2D eigenvalue weighted by atomic mass is 10.2. The molecule has 1 aliphatic rings. The van der Waals surface area contributed by atoms with Crippen molar-refractivity contribution < 1.29 is 0 Å². The van der Waals surface area contributed by atoms with Gasteiger partial charge in [-0.3, -0.25) is 4.40 Å². The maximum Gasteiger partial charge on any atom is 0.174 e. The predicted octanol–water partition coefficient (Wildman–Crippen LogP) is 4.57. The summed E-state index contributed by atoms with van der Waals surface area (Å²) in [5.41, 5.74) is 1.66. The quantitative estimate of drug-likeness (QED) is 0.648. The van der Waals surface area contributed by atoms with Gasteiger partial charge in [0.15, 0.2) is 16.6 Å². The molecule has 128 valence electrons. The lowest BCUT2D eigenvalue weighted by molar-refractivity contribution is 0.387. The largest absolute Gasteiger partial charge is 0.339 e. The summed E-state index contributed by atoms with van der Waals surface area (Å²) in [7, 11) is 0. The van der Waals surface area contributed by atoms with Crippen LogP contribution in [0.3, 0.4) is 0 Å². The lowest BCUT2D eigenvalue weighted by Crippen LogP contribution is -2.35. The van der Waals surface area contributed by atoms with E-state index in [0.717, 1.165) is 36.5 Å². The van der Waals surface area contributed by atoms with Crippen LogP contribution in [0.5, 0.6) is 0 Å². The van der Waals surface area contributed by atoms with Crippen molar-refractivity contribution in [3.05, 3.63) is 58.5 Å². The summed E-state index contributed by atoms with van der Waals surface area (Å²) >= 11 is 17.7. The molecular weight excluding hydrogens is 377 g/mol. The summed E-state index contributed by atoms with van der Waals surface area (Å²) in [6, 6.07) is 11.4. The van der Waals surface area contributed by atoms with Crippen molar-refractivity contribution >= 4 is 51.9 Å². The van der Waals surface area contributed by atoms with E-state index in [4.69, 9.17) is 35.4 Å². The summed E-state index contributed by atoms with van der Waals surface area (Å²) in [6.07, 6.45) is 4.02. The molecule has 5 nitrogen and oxygen atoms in total. The van der Waals surface area contributed by atoms with E-state index < -0.39 is 0 Å². The molecule has 1 atom stereocenters. The Morgan fingerprint density at radius 2 is 2.04 bits per heavy atom. The van der Waals surface area contributed by atoms with Crippen LogP contribution in [0.2, 0.25) is 10.0 Å². The fourth-order valence-corrected chi connectivity index (χ4v) is 3.77. The number of hydrogen-bond donors (Lipinski definition) is 1. The standard InChI is InChI=1S/C17H15Cl2N5S/c18-12-7-6-11(10-13(12)19)20-17(25)23-9-3-4-14(23)16-22-21-15-5-1-2-8-24(15)16/h1-2,5-8,10,14H,3-4,9H2,(H,20,25)/t14-/m1/s1. The number of pyridine rings is 1. The zero-order valence-electron chi connectivity index (χ0n) is 13.2. The highest BCUT2D eigenvalue weighted by Crippen LogP contribution is 2.32. The fraction of sp³-hybridized carbons (Fsp3) is 0.235. The Morgan fingerprint density at radius 1 is 1.16 bits per heavy atom. The molecule has 1 aliphatic heterocycles. The average molecular weight is 392 g/mol. The van der Waals surface area contributed by atoms with E-state index in [2.05, 4.69) is 20.4 Å². The molecule has 25 heavy (non-hydrogen) atoms. The second-order valence-corrected chi connectivity index (χ2v) is 7.10. The number of hydrogen-bond acceptors (Lipinski definition) is 3. The predicted molar refractivity (Wildman–Crippen MR) is 104 cm³/mol. The van der Waals surface area contributed by atoms with Crippen LogP contribution in [0.15, 0.2) is 42.6 Å². The van der Waals surface area contributed by atoms with Crippen LogP contribution >= 0.6 is 35.4 Å². The third-order valence-electron chi connectivity index (χ3n) is 4.32. The number of benzene rings is 1. The molecule has 1 aromatic carbocycles. The van der Waals surface area contributed by atoms with Gasteiger partial charge in [-0.15, -0.1) is 10.2 Å². The Bertz CT molecular complexity index is 942. The molecule has 3 aromatic rings. The molecule has 4 rings (SSSR count). The molecule has 0 radical (unpaired) electrons. The van der Waals surface area contributed by atoms with Crippen molar-refractivity contribution in [3.8, 4) is 0 Å². The van der Waals surface area contributed by atoms with Crippen LogP contribution < -0.4 is 5.32 Å². The summed E-state index contributed by atoms with van der Waals surface area (Å²) in [5.74, 6) is 0.909. The number of likely N-dealkylation sites (tertiary alicyclic amines) is 1. The van der Waals surface area contributed by atoms with E-state index >= 15 is 0 Å². The SMILES string of the molecule is S=C(Nc1ccc(Cl)c(Cl)c1)N1CCC[C@@H]1c1nnc2ccccn12. The highest BCUT2D eigenvalue weighted by Gasteiger charge is 2.31. The molecule has 0 spiro atoms. The summed E-state index contributed by atoms with van der Waals surface area (Å²) in [4.78, 5) is 2.15. The second-order valence-electron chi connectivity index (χ2n) is 5.90. The van der Waals surface area contributed by atoms with Crippen LogP contribution in [0.4, 0.5) is 5.69 Å². The summed E-state index contributed by atoms with van der Waals surface area (Å²) < 4.78 is 2.02. The van der Waals surface area contributed by atoms with Crippen LogP contribution in [0.25, 0.3) is 5.65 Å². The topological polar surface area (TPSA) is 45.5 Å². The Balaban J connectivity index is 1.58. The minimum Gasteiger partial charge on any atom is -0.339 e. The molecule has 1 N–H and O–H groups in total. The fourth-order valence-electron chi connectivity index (χ4n) is 3.13.